The standard InChI is InChI=1S/C26H30N6O5/c1-26(2,3)37-25(36)31-13-17-14-32(30-20(17)15-31)23-18(10-7-11-28-23)24(35)29-19(21(33)22(27)34)12-16-8-5-4-6-9-16/h4-11,14,19,21,33H,12-13,15H2,1-3H3,(H2,27,34)(H,29,35). The smallest absolute Gasteiger partial charge is 0.410 e. The number of hydrogen-bond donors (Lipinski definition) is 3. The molecule has 2 unspecified atom stereocenters. The number of benzene rings is 1. The topological polar surface area (TPSA) is 153 Å². The van der Waals surface area contributed by atoms with Gasteiger partial charge in [-0.3, -0.25) is 14.5 Å². The minimum Gasteiger partial charge on any atom is -0.444 e. The van der Waals surface area contributed by atoms with E-state index >= 15 is 0 Å². The Balaban J connectivity index is 1.53. The molecule has 1 aromatic carbocycles. The Morgan fingerprint density at radius 3 is 2.51 bits per heavy atom. The minimum atomic E-state index is -1.59. The molecule has 11 heteroatoms. The van der Waals surface area contributed by atoms with Crippen molar-refractivity contribution in [3.05, 3.63) is 77.2 Å². The van der Waals surface area contributed by atoms with E-state index in [9.17, 15) is 19.5 Å². The van der Waals surface area contributed by atoms with Crippen LogP contribution in [0.15, 0.2) is 54.9 Å². The molecule has 3 amide bonds. The van der Waals surface area contributed by atoms with Gasteiger partial charge in [0.1, 0.15) is 5.60 Å². The second kappa shape index (κ2) is 10.4. The number of nitrogens with zero attached hydrogens (tertiary/aromatic N) is 4. The number of rotatable bonds is 7. The fourth-order valence-corrected chi connectivity index (χ4v) is 4.03. The Hall–Kier alpha value is -4.25. The number of aromatic nitrogens is 3. The van der Waals surface area contributed by atoms with Crippen LogP contribution in [0.25, 0.3) is 5.82 Å². The van der Waals surface area contributed by atoms with Crippen LogP contribution in [-0.2, 0) is 29.0 Å². The number of carbonyl (C=O) groups excluding carboxylic acids is 3. The lowest BCUT2D eigenvalue weighted by molar-refractivity contribution is -0.127. The van der Waals surface area contributed by atoms with E-state index < -0.39 is 35.7 Å². The third kappa shape index (κ3) is 6.12. The Morgan fingerprint density at radius 1 is 1.14 bits per heavy atom. The third-order valence-electron chi connectivity index (χ3n) is 5.77. The lowest BCUT2D eigenvalue weighted by Gasteiger charge is -2.24. The number of carbonyl (C=O) groups is 3. The molecule has 37 heavy (non-hydrogen) atoms. The molecule has 2 atom stereocenters. The molecule has 3 heterocycles. The van der Waals surface area contributed by atoms with Crippen LogP contribution in [0, 0.1) is 0 Å². The lowest BCUT2D eigenvalue weighted by atomic mass is 10.0. The normalized spacial score (nSPS) is 14.5. The van der Waals surface area contributed by atoms with E-state index in [1.807, 2.05) is 30.3 Å². The van der Waals surface area contributed by atoms with Crippen LogP contribution in [0.1, 0.15) is 48.0 Å². The van der Waals surface area contributed by atoms with Gasteiger partial charge in [-0.2, -0.15) is 5.10 Å². The van der Waals surface area contributed by atoms with E-state index in [0.29, 0.717) is 12.2 Å². The maximum Gasteiger partial charge on any atom is 0.410 e. The van der Waals surface area contributed by atoms with Crippen molar-refractivity contribution in [2.45, 2.75) is 58.0 Å². The summed E-state index contributed by atoms with van der Waals surface area (Å²) < 4.78 is 6.93. The van der Waals surface area contributed by atoms with E-state index in [1.165, 1.54) is 10.9 Å². The van der Waals surface area contributed by atoms with Gasteiger partial charge in [-0.25, -0.2) is 14.5 Å². The van der Waals surface area contributed by atoms with Gasteiger partial charge in [0, 0.05) is 18.0 Å². The van der Waals surface area contributed by atoms with Crippen molar-refractivity contribution >= 4 is 17.9 Å². The maximum absolute atomic E-state index is 13.3. The zero-order chi connectivity index (χ0) is 26.7. The Morgan fingerprint density at radius 2 is 1.86 bits per heavy atom. The number of fused-ring (bicyclic) bond motifs is 1. The largest absolute Gasteiger partial charge is 0.444 e. The van der Waals surface area contributed by atoms with Crippen molar-refractivity contribution in [1.82, 2.24) is 25.0 Å². The van der Waals surface area contributed by atoms with Gasteiger partial charge in [0.2, 0.25) is 5.91 Å². The van der Waals surface area contributed by atoms with Crippen LogP contribution in [0.4, 0.5) is 4.79 Å². The van der Waals surface area contributed by atoms with E-state index in [0.717, 1.165) is 11.1 Å². The highest BCUT2D eigenvalue weighted by Crippen LogP contribution is 2.25. The number of hydrogen-bond acceptors (Lipinski definition) is 7. The molecule has 0 bridgehead atoms. The summed E-state index contributed by atoms with van der Waals surface area (Å²) in [6, 6.07) is 11.4. The molecule has 0 fully saturated rings. The fourth-order valence-electron chi connectivity index (χ4n) is 4.03. The first-order valence-electron chi connectivity index (χ1n) is 11.8. The highest BCUT2D eigenvalue weighted by atomic mass is 16.6. The first kappa shape index (κ1) is 25.8. The van der Waals surface area contributed by atoms with Gasteiger partial charge in [0.05, 0.1) is 30.4 Å². The van der Waals surface area contributed by atoms with Crippen molar-refractivity contribution in [1.29, 1.82) is 0 Å². The number of pyridine rings is 1. The summed E-state index contributed by atoms with van der Waals surface area (Å²) in [5.74, 6) is -1.22. The van der Waals surface area contributed by atoms with Gasteiger partial charge >= 0.3 is 6.09 Å². The second-order valence-corrected chi connectivity index (χ2v) is 9.87. The van der Waals surface area contributed by atoms with Crippen LogP contribution in [0.3, 0.4) is 0 Å². The zero-order valence-corrected chi connectivity index (χ0v) is 20.9. The van der Waals surface area contributed by atoms with Gasteiger partial charge in [-0.1, -0.05) is 30.3 Å². The van der Waals surface area contributed by atoms with Crippen LogP contribution in [0.5, 0.6) is 0 Å². The Kier molecular flexibility index (Phi) is 7.25. The molecule has 2 aromatic heterocycles. The SMILES string of the molecule is CC(C)(C)OC(=O)N1Cc2cn(-c3ncccc3C(=O)NC(Cc3ccccc3)C(O)C(N)=O)nc2C1. The highest BCUT2D eigenvalue weighted by molar-refractivity contribution is 5.97. The molecule has 11 nitrogen and oxygen atoms in total. The summed E-state index contributed by atoms with van der Waals surface area (Å²) in [5.41, 5.74) is 7.23. The minimum absolute atomic E-state index is 0.197. The van der Waals surface area contributed by atoms with Crippen LogP contribution in [0.2, 0.25) is 0 Å². The lowest BCUT2D eigenvalue weighted by Crippen LogP contribution is -2.50. The van der Waals surface area contributed by atoms with E-state index in [1.54, 1.807) is 44.0 Å². The number of aliphatic hydroxyl groups excluding tert-OH is 1. The number of nitrogens with one attached hydrogen (secondary N) is 1. The number of amides is 3. The molecule has 4 N–H and O–H groups in total. The average Bonchev–Trinajstić information content (AvgIpc) is 3.42. The van der Waals surface area contributed by atoms with E-state index in [2.05, 4.69) is 15.4 Å². The molecular formula is C26H30N6O5. The molecule has 0 saturated carbocycles. The number of primary amides is 1. The van der Waals surface area contributed by atoms with Gasteiger partial charge in [-0.05, 0) is 44.9 Å². The highest BCUT2D eigenvalue weighted by Gasteiger charge is 2.31. The van der Waals surface area contributed by atoms with Crippen molar-refractivity contribution in [3.8, 4) is 5.82 Å². The second-order valence-electron chi connectivity index (χ2n) is 9.87. The van der Waals surface area contributed by atoms with Gasteiger partial charge < -0.3 is 20.9 Å². The molecular weight excluding hydrogens is 476 g/mol. The quantitative estimate of drug-likeness (QED) is 0.441. The van der Waals surface area contributed by atoms with Crippen molar-refractivity contribution in [2.24, 2.45) is 5.73 Å². The van der Waals surface area contributed by atoms with E-state index in [4.69, 9.17) is 10.5 Å². The predicted molar refractivity (Wildman–Crippen MR) is 133 cm³/mol. The molecule has 0 radical (unpaired) electrons. The van der Waals surface area contributed by atoms with Gasteiger partial charge in [0.15, 0.2) is 11.9 Å². The van der Waals surface area contributed by atoms with Crippen molar-refractivity contribution in [2.75, 3.05) is 0 Å². The number of nitrogens with two attached hydrogens (primary N) is 1. The van der Waals surface area contributed by atoms with Gasteiger partial charge in [-0.15, -0.1) is 0 Å². The predicted octanol–water partition coefficient (Wildman–Crippen LogP) is 1.71. The maximum atomic E-state index is 13.3. The third-order valence-corrected chi connectivity index (χ3v) is 5.77. The molecule has 194 valence electrons. The molecule has 1 aliphatic heterocycles. The van der Waals surface area contributed by atoms with Crippen LogP contribution in [-0.4, -0.2) is 60.4 Å². The van der Waals surface area contributed by atoms with Crippen LogP contribution >= 0.6 is 0 Å². The fraction of sp³-hybridized carbons (Fsp3) is 0.346. The van der Waals surface area contributed by atoms with Crippen molar-refractivity contribution in [3.63, 3.8) is 0 Å². The molecule has 0 saturated heterocycles. The number of ether oxygens (including phenoxy) is 1. The summed E-state index contributed by atoms with van der Waals surface area (Å²) in [7, 11) is 0. The average molecular weight is 507 g/mol. The van der Waals surface area contributed by atoms with Crippen LogP contribution < -0.4 is 11.1 Å². The molecule has 3 aromatic rings. The first-order valence-corrected chi connectivity index (χ1v) is 11.8. The Labute approximate surface area is 214 Å². The van der Waals surface area contributed by atoms with E-state index in [-0.39, 0.29) is 24.3 Å². The summed E-state index contributed by atoms with van der Waals surface area (Å²) in [4.78, 5) is 43.3. The first-order chi connectivity index (χ1) is 17.5. The molecule has 1 aliphatic rings. The summed E-state index contributed by atoms with van der Waals surface area (Å²) >= 11 is 0. The monoisotopic (exact) mass is 506 g/mol. The number of aliphatic hydroxyl groups is 1. The van der Waals surface area contributed by atoms with Crippen molar-refractivity contribution < 1.29 is 24.2 Å². The molecule has 4 rings (SSSR count). The summed E-state index contributed by atoms with van der Waals surface area (Å²) in [5, 5.41) is 17.7. The zero-order valence-electron chi connectivity index (χ0n) is 20.9. The summed E-state index contributed by atoms with van der Waals surface area (Å²) in [6.45, 7) is 6.01. The Bertz CT molecular complexity index is 1280. The summed E-state index contributed by atoms with van der Waals surface area (Å²) in [6.07, 6.45) is 1.44. The van der Waals surface area contributed by atoms with Gasteiger partial charge in [0.25, 0.3) is 5.91 Å². The molecule has 0 aliphatic carbocycles. The molecule has 0 spiro atoms.